The molecule has 2 heterocycles. The van der Waals surface area contributed by atoms with Crippen LogP contribution in [0.4, 0.5) is 5.82 Å². The molecule has 0 radical (unpaired) electrons. The van der Waals surface area contributed by atoms with E-state index in [0.29, 0.717) is 13.1 Å². The van der Waals surface area contributed by atoms with Gasteiger partial charge in [-0.2, -0.15) is 0 Å². The SMILES string of the molecule is O=C(O)C1CN(c2cccc(Br)n2)CCN1. The van der Waals surface area contributed by atoms with Gasteiger partial charge in [0.15, 0.2) is 0 Å². The number of nitrogens with zero attached hydrogens (tertiary/aromatic N) is 2. The summed E-state index contributed by atoms with van der Waals surface area (Å²) in [6.07, 6.45) is 0. The topological polar surface area (TPSA) is 65.5 Å². The van der Waals surface area contributed by atoms with Crippen molar-refractivity contribution in [2.45, 2.75) is 6.04 Å². The van der Waals surface area contributed by atoms with E-state index in [1.165, 1.54) is 0 Å². The van der Waals surface area contributed by atoms with Gasteiger partial charge < -0.3 is 15.3 Å². The highest BCUT2D eigenvalue weighted by molar-refractivity contribution is 9.10. The average Bonchev–Trinajstić information content (AvgIpc) is 2.29. The molecule has 16 heavy (non-hydrogen) atoms. The van der Waals surface area contributed by atoms with Gasteiger partial charge >= 0.3 is 5.97 Å². The standard InChI is InChI=1S/C10H12BrN3O2/c11-8-2-1-3-9(13-8)14-5-4-12-7(6-14)10(15)16/h1-3,7,12H,4-6H2,(H,15,16). The maximum absolute atomic E-state index is 10.9. The molecule has 2 rings (SSSR count). The summed E-state index contributed by atoms with van der Waals surface area (Å²) in [5.41, 5.74) is 0. The Bertz CT molecular complexity index is 399. The Morgan fingerprint density at radius 3 is 3.12 bits per heavy atom. The minimum atomic E-state index is -0.820. The third-order valence-corrected chi connectivity index (χ3v) is 2.94. The first-order valence-electron chi connectivity index (χ1n) is 5.00. The molecule has 1 aliphatic rings. The molecule has 6 heteroatoms. The van der Waals surface area contributed by atoms with E-state index in [1.807, 2.05) is 23.1 Å². The number of carboxylic acid groups (broad SMARTS) is 1. The minimum absolute atomic E-state index is 0.443. The number of carboxylic acids is 1. The van der Waals surface area contributed by atoms with Crippen LogP contribution in [-0.2, 0) is 4.79 Å². The fourth-order valence-electron chi connectivity index (χ4n) is 1.70. The molecule has 0 amide bonds. The molecule has 0 spiro atoms. The monoisotopic (exact) mass is 285 g/mol. The van der Waals surface area contributed by atoms with Gasteiger partial charge in [0, 0.05) is 19.6 Å². The van der Waals surface area contributed by atoms with E-state index in [0.717, 1.165) is 17.0 Å². The number of nitrogens with one attached hydrogen (secondary N) is 1. The zero-order valence-electron chi connectivity index (χ0n) is 8.56. The van der Waals surface area contributed by atoms with Crippen LogP contribution in [0.1, 0.15) is 0 Å². The number of halogens is 1. The van der Waals surface area contributed by atoms with Crippen LogP contribution in [0.3, 0.4) is 0 Å². The number of aromatic nitrogens is 1. The van der Waals surface area contributed by atoms with Crippen molar-refractivity contribution >= 4 is 27.7 Å². The van der Waals surface area contributed by atoms with E-state index in [1.54, 1.807) is 0 Å². The lowest BCUT2D eigenvalue weighted by Crippen LogP contribution is -2.54. The number of piperazine rings is 1. The van der Waals surface area contributed by atoms with Crippen molar-refractivity contribution < 1.29 is 9.90 Å². The van der Waals surface area contributed by atoms with Crippen LogP contribution in [0.5, 0.6) is 0 Å². The van der Waals surface area contributed by atoms with Crippen LogP contribution in [0.15, 0.2) is 22.8 Å². The number of aliphatic carboxylic acids is 1. The normalized spacial score (nSPS) is 20.8. The van der Waals surface area contributed by atoms with Crippen LogP contribution in [-0.4, -0.2) is 41.7 Å². The Hall–Kier alpha value is -1.14. The minimum Gasteiger partial charge on any atom is -0.480 e. The summed E-state index contributed by atoms with van der Waals surface area (Å²) in [6.45, 7) is 1.87. The molecule has 0 saturated carbocycles. The zero-order valence-corrected chi connectivity index (χ0v) is 10.1. The van der Waals surface area contributed by atoms with E-state index in [4.69, 9.17) is 5.11 Å². The van der Waals surface area contributed by atoms with E-state index in [-0.39, 0.29) is 0 Å². The fourth-order valence-corrected chi connectivity index (χ4v) is 2.03. The van der Waals surface area contributed by atoms with Crippen molar-refractivity contribution in [2.75, 3.05) is 24.5 Å². The van der Waals surface area contributed by atoms with Crippen LogP contribution >= 0.6 is 15.9 Å². The number of hydrogen-bond acceptors (Lipinski definition) is 4. The maximum atomic E-state index is 10.9. The second-order valence-corrected chi connectivity index (χ2v) is 4.42. The molecule has 0 aliphatic carbocycles. The third kappa shape index (κ3) is 2.51. The van der Waals surface area contributed by atoms with Crippen LogP contribution < -0.4 is 10.2 Å². The number of pyridine rings is 1. The molecule has 0 bridgehead atoms. The molecule has 0 aromatic carbocycles. The predicted molar refractivity (Wildman–Crippen MR) is 63.6 cm³/mol. The van der Waals surface area contributed by atoms with Gasteiger partial charge in [-0.15, -0.1) is 0 Å². The highest BCUT2D eigenvalue weighted by Crippen LogP contribution is 2.16. The molecule has 1 atom stereocenters. The molecular weight excluding hydrogens is 274 g/mol. The molecule has 1 aromatic heterocycles. The molecule has 1 fully saturated rings. The first kappa shape index (κ1) is 11.3. The Balaban J connectivity index is 2.12. The molecule has 1 saturated heterocycles. The van der Waals surface area contributed by atoms with Gasteiger partial charge in [-0.05, 0) is 28.1 Å². The van der Waals surface area contributed by atoms with Crippen LogP contribution in [0, 0.1) is 0 Å². The first-order chi connectivity index (χ1) is 7.66. The summed E-state index contributed by atoms with van der Waals surface area (Å²) in [7, 11) is 0. The third-order valence-electron chi connectivity index (χ3n) is 2.50. The zero-order chi connectivity index (χ0) is 11.5. The number of carbonyl (C=O) groups is 1. The van der Waals surface area contributed by atoms with E-state index in [9.17, 15) is 4.79 Å². The quantitative estimate of drug-likeness (QED) is 0.784. The van der Waals surface area contributed by atoms with Gasteiger partial charge in [0.1, 0.15) is 16.5 Å². The van der Waals surface area contributed by atoms with Crippen molar-refractivity contribution in [1.29, 1.82) is 0 Å². The second kappa shape index (κ2) is 4.80. The van der Waals surface area contributed by atoms with Crippen LogP contribution in [0.2, 0.25) is 0 Å². The van der Waals surface area contributed by atoms with Crippen LogP contribution in [0.25, 0.3) is 0 Å². The van der Waals surface area contributed by atoms with Gasteiger partial charge in [-0.25, -0.2) is 4.98 Å². The lowest BCUT2D eigenvalue weighted by molar-refractivity contribution is -0.139. The van der Waals surface area contributed by atoms with Gasteiger partial charge in [0.25, 0.3) is 0 Å². The second-order valence-electron chi connectivity index (χ2n) is 3.61. The van der Waals surface area contributed by atoms with Crippen molar-refractivity contribution in [1.82, 2.24) is 10.3 Å². The summed E-state index contributed by atoms with van der Waals surface area (Å²) in [5.74, 6) is -0.0122. The van der Waals surface area contributed by atoms with Gasteiger partial charge in [-0.1, -0.05) is 6.07 Å². The lowest BCUT2D eigenvalue weighted by atomic mass is 10.2. The van der Waals surface area contributed by atoms with E-state index >= 15 is 0 Å². The molecule has 1 aromatic rings. The van der Waals surface area contributed by atoms with Crippen molar-refractivity contribution in [2.24, 2.45) is 0 Å². The predicted octanol–water partition coefficient (Wildman–Crippen LogP) is 0.707. The number of hydrogen-bond donors (Lipinski definition) is 2. The Morgan fingerprint density at radius 2 is 2.44 bits per heavy atom. The molecule has 1 aliphatic heterocycles. The van der Waals surface area contributed by atoms with Gasteiger partial charge in [0.2, 0.25) is 0 Å². The van der Waals surface area contributed by atoms with Crippen molar-refractivity contribution in [3.05, 3.63) is 22.8 Å². The molecule has 5 nitrogen and oxygen atoms in total. The van der Waals surface area contributed by atoms with E-state index in [2.05, 4.69) is 26.2 Å². The summed E-state index contributed by atoms with van der Waals surface area (Å²) < 4.78 is 0.760. The molecule has 1 unspecified atom stereocenters. The van der Waals surface area contributed by atoms with Gasteiger partial charge in [-0.3, -0.25) is 4.79 Å². The highest BCUT2D eigenvalue weighted by atomic mass is 79.9. The van der Waals surface area contributed by atoms with Crippen molar-refractivity contribution in [3.8, 4) is 0 Å². The maximum Gasteiger partial charge on any atom is 0.322 e. The largest absolute Gasteiger partial charge is 0.480 e. The van der Waals surface area contributed by atoms with Crippen molar-refractivity contribution in [3.63, 3.8) is 0 Å². The summed E-state index contributed by atoms with van der Waals surface area (Å²) in [4.78, 5) is 17.2. The fraction of sp³-hybridized carbons (Fsp3) is 0.400. The Kier molecular flexibility index (Phi) is 3.40. The molecule has 2 N–H and O–H groups in total. The molecular formula is C10H12BrN3O2. The Morgan fingerprint density at radius 1 is 1.62 bits per heavy atom. The summed E-state index contributed by atoms with van der Waals surface area (Å²) in [5, 5.41) is 11.9. The van der Waals surface area contributed by atoms with Gasteiger partial charge in [0.05, 0.1) is 0 Å². The van der Waals surface area contributed by atoms with E-state index < -0.39 is 12.0 Å². The highest BCUT2D eigenvalue weighted by Gasteiger charge is 2.25. The Labute approximate surface area is 102 Å². The molecule has 86 valence electrons. The number of rotatable bonds is 2. The average molecular weight is 286 g/mol. The lowest BCUT2D eigenvalue weighted by Gasteiger charge is -2.32. The number of anilines is 1. The first-order valence-corrected chi connectivity index (χ1v) is 5.80. The summed E-state index contributed by atoms with van der Waals surface area (Å²) in [6, 6.07) is 5.11. The smallest absolute Gasteiger partial charge is 0.322 e. The summed E-state index contributed by atoms with van der Waals surface area (Å²) >= 11 is 3.30.